The summed E-state index contributed by atoms with van der Waals surface area (Å²) in [6.07, 6.45) is 1.10. The van der Waals surface area contributed by atoms with Crippen LogP contribution in [0.5, 0.6) is 0 Å². The van der Waals surface area contributed by atoms with Gasteiger partial charge in [0, 0.05) is 17.8 Å². The monoisotopic (exact) mass is 275 g/mol. The average Bonchev–Trinajstić information content (AvgIpc) is 2.48. The lowest BCUT2D eigenvalue weighted by Gasteiger charge is -2.11. The summed E-state index contributed by atoms with van der Waals surface area (Å²) >= 11 is 0. The molecular weight excluding hydrogens is 256 g/mol. The second kappa shape index (κ2) is 6.51. The van der Waals surface area contributed by atoms with Gasteiger partial charge in [-0.2, -0.15) is 0 Å². The Morgan fingerprint density at radius 3 is 2.40 bits per heavy atom. The fourth-order valence-electron chi connectivity index (χ4n) is 2.05. The second-order valence-electron chi connectivity index (χ2n) is 5.00. The number of hydrogen-bond acceptors (Lipinski definition) is 1. The van der Waals surface area contributed by atoms with Crippen molar-refractivity contribution in [3.05, 3.63) is 65.2 Å². The van der Waals surface area contributed by atoms with E-state index < -0.39 is 11.6 Å². The van der Waals surface area contributed by atoms with Gasteiger partial charge in [-0.3, -0.25) is 0 Å². The third kappa shape index (κ3) is 3.35. The van der Waals surface area contributed by atoms with Crippen molar-refractivity contribution in [3.8, 4) is 0 Å². The summed E-state index contributed by atoms with van der Waals surface area (Å²) in [5.74, 6) is -1.06. The highest BCUT2D eigenvalue weighted by Gasteiger charge is 2.07. The van der Waals surface area contributed by atoms with Crippen LogP contribution in [-0.4, -0.2) is 0 Å². The van der Waals surface area contributed by atoms with Gasteiger partial charge in [0.2, 0.25) is 0 Å². The highest BCUT2D eigenvalue weighted by atomic mass is 19.2. The van der Waals surface area contributed by atoms with Crippen LogP contribution >= 0.6 is 0 Å². The fourth-order valence-corrected chi connectivity index (χ4v) is 2.05. The molecule has 0 fully saturated rings. The van der Waals surface area contributed by atoms with E-state index in [1.807, 2.05) is 12.1 Å². The van der Waals surface area contributed by atoms with E-state index in [-0.39, 0.29) is 6.54 Å². The Hall–Kier alpha value is -1.90. The Labute approximate surface area is 118 Å². The molecule has 2 aromatic carbocycles. The standard InChI is InChI=1S/C17H19F2N/c1-3-12(2)13-7-9-15(10-8-13)20-11-14-5-4-6-16(18)17(14)19/h4-10,12,20H,3,11H2,1-2H3. The molecule has 1 atom stereocenters. The number of halogens is 2. The number of rotatable bonds is 5. The van der Waals surface area contributed by atoms with Gasteiger partial charge in [0.1, 0.15) is 0 Å². The van der Waals surface area contributed by atoms with Gasteiger partial charge in [-0.25, -0.2) is 8.78 Å². The molecule has 3 heteroatoms. The topological polar surface area (TPSA) is 12.0 Å². The van der Waals surface area contributed by atoms with Crippen LogP contribution in [0.25, 0.3) is 0 Å². The van der Waals surface area contributed by atoms with E-state index >= 15 is 0 Å². The zero-order valence-corrected chi connectivity index (χ0v) is 11.8. The van der Waals surface area contributed by atoms with Gasteiger partial charge < -0.3 is 5.32 Å². The molecule has 1 nitrogen and oxygen atoms in total. The summed E-state index contributed by atoms with van der Waals surface area (Å²) in [6, 6.07) is 12.3. The molecular formula is C17H19F2N. The van der Waals surface area contributed by atoms with Gasteiger partial charge in [0.25, 0.3) is 0 Å². The summed E-state index contributed by atoms with van der Waals surface area (Å²) < 4.78 is 26.6. The van der Waals surface area contributed by atoms with Crippen LogP contribution in [0.4, 0.5) is 14.5 Å². The normalized spacial score (nSPS) is 12.2. The molecule has 0 aliphatic rings. The van der Waals surface area contributed by atoms with E-state index in [1.54, 1.807) is 6.07 Å². The maximum atomic E-state index is 13.5. The lowest BCUT2D eigenvalue weighted by atomic mass is 9.98. The summed E-state index contributed by atoms with van der Waals surface area (Å²) in [5, 5.41) is 3.11. The maximum absolute atomic E-state index is 13.5. The molecule has 106 valence electrons. The van der Waals surface area contributed by atoms with Crippen LogP contribution in [0.2, 0.25) is 0 Å². The van der Waals surface area contributed by atoms with Crippen molar-refractivity contribution >= 4 is 5.69 Å². The van der Waals surface area contributed by atoms with Gasteiger partial charge >= 0.3 is 0 Å². The highest BCUT2D eigenvalue weighted by molar-refractivity contribution is 5.45. The highest BCUT2D eigenvalue weighted by Crippen LogP contribution is 2.21. The molecule has 20 heavy (non-hydrogen) atoms. The van der Waals surface area contributed by atoms with E-state index in [0.29, 0.717) is 11.5 Å². The fraction of sp³-hybridized carbons (Fsp3) is 0.294. The van der Waals surface area contributed by atoms with Crippen LogP contribution in [-0.2, 0) is 6.54 Å². The van der Waals surface area contributed by atoms with E-state index in [4.69, 9.17) is 0 Å². The van der Waals surface area contributed by atoms with Crippen molar-refractivity contribution in [2.24, 2.45) is 0 Å². The van der Waals surface area contributed by atoms with Gasteiger partial charge in [0.05, 0.1) is 0 Å². The smallest absolute Gasteiger partial charge is 0.163 e. The van der Waals surface area contributed by atoms with E-state index in [9.17, 15) is 8.78 Å². The molecule has 0 heterocycles. The zero-order valence-electron chi connectivity index (χ0n) is 11.8. The van der Waals surface area contributed by atoms with E-state index in [1.165, 1.54) is 11.6 Å². The third-order valence-corrected chi connectivity index (χ3v) is 3.61. The molecule has 0 spiro atoms. The zero-order chi connectivity index (χ0) is 14.5. The predicted octanol–water partition coefficient (Wildman–Crippen LogP) is 5.09. The number of nitrogens with one attached hydrogen (secondary N) is 1. The summed E-state index contributed by atoms with van der Waals surface area (Å²) in [5.41, 5.74) is 2.52. The van der Waals surface area contributed by atoms with Gasteiger partial charge in [-0.15, -0.1) is 0 Å². The van der Waals surface area contributed by atoms with Crippen molar-refractivity contribution in [2.75, 3.05) is 5.32 Å². The minimum Gasteiger partial charge on any atom is -0.381 e. The molecule has 0 aromatic heterocycles. The van der Waals surface area contributed by atoms with Crippen molar-refractivity contribution in [1.29, 1.82) is 0 Å². The molecule has 0 aliphatic carbocycles. The Bertz CT molecular complexity index is 564. The molecule has 2 rings (SSSR count). The first kappa shape index (κ1) is 14.5. The number of anilines is 1. The average molecular weight is 275 g/mol. The van der Waals surface area contributed by atoms with Crippen LogP contribution in [0.3, 0.4) is 0 Å². The molecule has 0 bridgehead atoms. The Morgan fingerprint density at radius 2 is 1.75 bits per heavy atom. The minimum absolute atomic E-state index is 0.270. The van der Waals surface area contributed by atoms with Gasteiger partial charge in [-0.1, -0.05) is 38.1 Å². The van der Waals surface area contributed by atoms with Crippen LogP contribution in [0.15, 0.2) is 42.5 Å². The number of benzene rings is 2. The Kier molecular flexibility index (Phi) is 4.72. The molecule has 1 N–H and O–H groups in total. The van der Waals surface area contributed by atoms with E-state index in [2.05, 4.69) is 31.3 Å². The molecule has 0 aliphatic heterocycles. The SMILES string of the molecule is CCC(C)c1ccc(NCc2cccc(F)c2F)cc1. The molecule has 0 amide bonds. The van der Waals surface area contributed by atoms with Crippen molar-refractivity contribution in [1.82, 2.24) is 0 Å². The molecule has 0 saturated carbocycles. The first-order valence-corrected chi connectivity index (χ1v) is 6.88. The summed E-state index contributed by atoms with van der Waals surface area (Å²) in [7, 11) is 0. The maximum Gasteiger partial charge on any atom is 0.163 e. The Morgan fingerprint density at radius 1 is 1.05 bits per heavy atom. The van der Waals surface area contributed by atoms with Crippen LogP contribution < -0.4 is 5.32 Å². The lowest BCUT2D eigenvalue weighted by Crippen LogP contribution is -2.03. The molecule has 0 saturated heterocycles. The molecule has 1 unspecified atom stereocenters. The van der Waals surface area contributed by atoms with E-state index in [0.717, 1.165) is 18.2 Å². The first-order valence-electron chi connectivity index (χ1n) is 6.88. The van der Waals surface area contributed by atoms with Gasteiger partial charge in [0.15, 0.2) is 11.6 Å². The number of hydrogen-bond donors (Lipinski definition) is 1. The minimum atomic E-state index is -0.809. The van der Waals surface area contributed by atoms with Crippen molar-refractivity contribution < 1.29 is 8.78 Å². The Balaban J connectivity index is 2.02. The van der Waals surface area contributed by atoms with Crippen LogP contribution in [0.1, 0.15) is 37.3 Å². The van der Waals surface area contributed by atoms with Crippen molar-refractivity contribution in [3.63, 3.8) is 0 Å². The largest absolute Gasteiger partial charge is 0.381 e. The quantitative estimate of drug-likeness (QED) is 0.801. The molecule has 0 radical (unpaired) electrons. The second-order valence-corrected chi connectivity index (χ2v) is 5.00. The molecule has 2 aromatic rings. The van der Waals surface area contributed by atoms with Gasteiger partial charge in [-0.05, 0) is 36.1 Å². The summed E-state index contributed by atoms with van der Waals surface area (Å²) in [4.78, 5) is 0. The van der Waals surface area contributed by atoms with Crippen LogP contribution in [0, 0.1) is 11.6 Å². The van der Waals surface area contributed by atoms with Crippen molar-refractivity contribution in [2.45, 2.75) is 32.7 Å². The summed E-state index contributed by atoms with van der Waals surface area (Å²) in [6.45, 7) is 4.61. The lowest BCUT2D eigenvalue weighted by molar-refractivity contribution is 0.500. The first-order chi connectivity index (χ1) is 9.61. The predicted molar refractivity (Wildman–Crippen MR) is 78.8 cm³/mol. The third-order valence-electron chi connectivity index (χ3n) is 3.61.